The number of nitro benzene ring substituents is 1. The lowest BCUT2D eigenvalue weighted by Gasteiger charge is -2.25. The largest absolute Gasteiger partial charge is 0.494 e. The van der Waals surface area contributed by atoms with Crippen molar-refractivity contribution < 1.29 is 28.7 Å². The summed E-state index contributed by atoms with van der Waals surface area (Å²) in [5, 5.41) is 11.0. The van der Waals surface area contributed by atoms with Crippen molar-refractivity contribution in [1.29, 1.82) is 0 Å². The molecule has 0 unspecified atom stereocenters. The van der Waals surface area contributed by atoms with Crippen LogP contribution < -0.4 is 29.1 Å². The fourth-order valence-electron chi connectivity index (χ4n) is 5.12. The van der Waals surface area contributed by atoms with Crippen LogP contribution in [0.1, 0.15) is 57.4 Å². The summed E-state index contributed by atoms with van der Waals surface area (Å²) >= 11 is 1.23. The van der Waals surface area contributed by atoms with Gasteiger partial charge in [-0.15, -0.1) is 0 Å². The number of rotatable bonds is 12. The molecule has 2 heterocycles. The highest BCUT2D eigenvalue weighted by Crippen LogP contribution is 2.33. The number of nitro groups is 1. The van der Waals surface area contributed by atoms with Gasteiger partial charge >= 0.3 is 5.97 Å². The molecule has 1 atom stereocenters. The van der Waals surface area contributed by atoms with Crippen LogP contribution in [-0.4, -0.2) is 34.8 Å². The summed E-state index contributed by atoms with van der Waals surface area (Å²) < 4.78 is 25.0. The van der Waals surface area contributed by atoms with E-state index in [4.69, 9.17) is 18.9 Å². The summed E-state index contributed by atoms with van der Waals surface area (Å²) in [6, 6.07) is 18.1. The van der Waals surface area contributed by atoms with Crippen LogP contribution in [0.4, 0.5) is 5.69 Å². The molecular weight excluding hydrogens is 622 g/mol. The molecule has 1 aliphatic heterocycles. The monoisotopic (exact) mass is 657 g/mol. The minimum atomic E-state index is -0.746. The normalized spacial score (nSPS) is 14.4. The summed E-state index contributed by atoms with van der Waals surface area (Å²) in [6.07, 6.45) is 1.40. The maximum Gasteiger partial charge on any atom is 0.338 e. The molecule has 0 saturated carbocycles. The van der Waals surface area contributed by atoms with Gasteiger partial charge in [-0.25, -0.2) is 9.79 Å². The number of non-ortho nitro benzene ring substituents is 1. The third kappa shape index (κ3) is 7.44. The van der Waals surface area contributed by atoms with E-state index in [0.717, 1.165) is 11.1 Å². The molecule has 0 radical (unpaired) electrons. The predicted molar refractivity (Wildman–Crippen MR) is 178 cm³/mol. The number of hydrogen-bond acceptors (Lipinski definition) is 10. The second kappa shape index (κ2) is 14.5. The van der Waals surface area contributed by atoms with Crippen LogP contribution in [0.25, 0.3) is 6.08 Å². The van der Waals surface area contributed by atoms with Crippen molar-refractivity contribution >= 4 is 29.1 Å². The lowest BCUT2D eigenvalue weighted by atomic mass is 9.96. The molecule has 3 aromatic carbocycles. The van der Waals surface area contributed by atoms with Crippen molar-refractivity contribution in [3.63, 3.8) is 0 Å². The van der Waals surface area contributed by atoms with Gasteiger partial charge in [0.1, 0.15) is 12.4 Å². The smallest absolute Gasteiger partial charge is 0.338 e. The van der Waals surface area contributed by atoms with Crippen molar-refractivity contribution in [2.75, 3.05) is 13.2 Å². The van der Waals surface area contributed by atoms with Gasteiger partial charge in [-0.3, -0.25) is 19.5 Å². The van der Waals surface area contributed by atoms with E-state index < -0.39 is 16.9 Å². The second-order valence-electron chi connectivity index (χ2n) is 10.9. The summed E-state index contributed by atoms with van der Waals surface area (Å²) in [6.45, 7) is 10.1. The minimum absolute atomic E-state index is 0.00562. The molecule has 0 fully saturated rings. The Kier molecular flexibility index (Phi) is 10.2. The SMILES string of the molecule is CCOc1ccc([C@@H]2C(C(=O)OC(C)C)=C(C)N=c3s/c(=C/c4ccc(OCc5ccc([N+](=O)[O-])cc5)c(OCC)c4)c(=O)n32)cc1. The first-order valence-corrected chi connectivity index (χ1v) is 16.0. The number of hydrogen-bond donors (Lipinski definition) is 0. The average Bonchev–Trinajstić information content (AvgIpc) is 3.34. The van der Waals surface area contributed by atoms with E-state index in [1.165, 1.54) is 23.5 Å². The summed E-state index contributed by atoms with van der Waals surface area (Å²) in [4.78, 5) is 43.1. The van der Waals surface area contributed by atoms with Gasteiger partial charge in [0.15, 0.2) is 16.3 Å². The topological polar surface area (TPSA) is 131 Å². The fraction of sp³-hybridized carbons (Fsp3) is 0.286. The van der Waals surface area contributed by atoms with Gasteiger partial charge in [0.05, 0.1) is 46.1 Å². The maximum absolute atomic E-state index is 14.1. The summed E-state index contributed by atoms with van der Waals surface area (Å²) in [5.41, 5.74) is 2.67. The first-order chi connectivity index (χ1) is 22.6. The Morgan fingerprint density at radius 3 is 2.34 bits per heavy atom. The van der Waals surface area contributed by atoms with Crippen LogP contribution in [0.3, 0.4) is 0 Å². The summed E-state index contributed by atoms with van der Waals surface area (Å²) in [7, 11) is 0. The fourth-order valence-corrected chi connectivity index (χ4v) is 6.16. The van der Waals surface area contributed by atoms with E-state index in [1.54, 1.807) is 55.7 Å². The Morgan fingerprint density at radius 1 is 1.00 bits per heavy atom. The Hall–Kier alpha value is -5.23. The first kappa shape index (κ1) is 33.1. The van der Waals surface area contributed by atoms with Crippen molar-refractivity contribution in [2.45, 2.75) is 53.4 Å². The van der Waals surface area contributed by atoms with E-state index in [9.17, 15) is 19.7 Å². The van der Waals surface area contributed by atoms with Crippen LogP contribution in [-0.2, 0) is 16.1 Å². The Labute approximate surface area is 275 Å². The molecule has 11 nitrogen and oxygen atoms in total. The van der Waals surface area contributed by atoms with E-state index in [2.05, 4.69) is 4.99 Å². The molecule has 0 N–H and O–H groups in total. The van der Waals surface area contributed by atoms with Gasteiger partial charge in [-0.05, 0) is 93.8 Å². The molecule has 0 saturated heterocycles. The third-order valence-corrected chi connectivity index (χ3v) is 8.18. The lowest BCUT2D eigenvalue weighted by Crippen LogP contribution is -2.40. The van der Waals surface area contributed by atoms with E-state index >= 15 is 0 Å². The maximum atomic E-state index is 14.1. The molecule has 12 heteroatoms. The number of ether oxygens (including phenoxy) is 4. The summed E-state index contributed by atoms with van der Waals surface area (Å²) in [5.74, 6) is 1.13. The van der Waals surface area contributed by atoms with Crippen molar-refractivity contribution in [3.8, 4) is 17.2 Å². The molecule has 0 bridgehead atoms. The molecule has 0 amide bonds. The van der Waals surface area contributed by atoms with Crippen molar-refractivity contribution in [3.05, 3.63) is 124 Å². The molecule has 1 aromatic heterocycles. The van der Waals surface area contributed by atoms with Gasteiger partial charge < -0.3 is 18.9 Å². The number of thiazole rings is 1. The van der Waals surface area contributed by atoms with Gasteiger partial charge in [0.25, 0.3) is 11.2 Å². The van der Waals surface area contributed by atoms with Gasteiger partial charge in [-0.2, -0.15) is 0 Å². The zero-order valence-electron chi connectivity index (χ0n) is 26.7. The Bertz CT molecular complexity index is 1990. The van der Waals surface area contributed by atoms with Crippen LogP contribution in [0.15, 0.2) is 87.8 Å². The number of nitrogens with zero attached hydrogens (tertiary/aromatic N) is 3. The van der Waals surface area contributed by atoms with E-state index in [1.807, 2.05) is 44.2 Å². The number of fused-ring (bicyclic) bond motifs is 1. The number of allylic oxidation sites excluding steroid dienone is 1. The van der Waals surface area contributed by atoms with Crippen LogP contribution >= 0.6 is 11.3 Å². The molecule has 244 valence electrons. The highest BCUT2D eigenvalue weighted by atomic mass is 32.1. The molecule has 0 spiro atoms. The van der Waals surface area contributed by atoms with E-state index in [-0.39, 0.29) is 24.0 Å². The third-order valence-electron chi connectivity index (χ3n) is 7.20. The molecule has 1 aliphatic rings. The van der Waals surface area contributed by atoms with E-state index in [0.29, 0.717) is 56.6 Å². The predicted octanol–water partition coefficient (Wildman–Crippen LogP) is 5.47. The highest BCUT2D eigenvalue weighted by molar-refractivity contribution is 7.07. The number of carbonyl (C=O) groups is 1. The number of aromatic nitrogens is 1. The van der Waals surface area contributed by atoms with Crippen LogP contribution in [0, 0.1) is 10.1 Å². The van der Waals surface area contributed by atoms with Gasteiger partial charge in [0.2, 0.25) is 0 Å². The van der Waals surface area contributed by atoms with Crippen molar-refractivity contribution in [2.24, 2.45) is 4.99 Å². The zero-order valence-corrected chi connectivity index (χ0v) is 27.5. The van der Waals surface area contributed by atoms with Gasteiger partial charge in [0, 0.05) is 12.1 Å². The number of benzene rings is 3. The minimum Gasteiger partial charge on any atom is -0.494 e. The molecule has 4 aromatic rings. The molecule has 0 aliphatic carbocycles. The number of esters is 1. The van der Waals surface area contributed by atoms with Crippen molar-refractivity contribution in [1.82, 2.24) is 4.57 Å². The quantitative estimate of drug-likeness (QED) is 0.111. The Balaban J connectivity index is 1.52. The Morgan fingerprint density at radius 2 is 1.70 bits per heavy atom. The highest BCUT2D eigenvalue weighted by Gasteiger charge is 2.33. The average molecular weight is 658 g/mol. The first-order valence-electron chi connectivity index (χ1n) is 15.2. The molecule has 47 heavy (non-hydrogen) atoms. The second-order valence-corrected chi connectivity index (χ2v) is 11.9. The standard InChI is InChI=1S/C35H35N3O8S/c1-6-43-27-15-11-25(12-16-27)32-31(34(40)46-21(3)4)22(5)36-35-37(32)33(39)30(47-35)19-24-10-17-28(29(18-24)44-7-2)45-20-23-8-13-26(14-9-23)38(41)42/h8-19,21,32H,6-7,20H2,1-5H3/b30-19+/t32-/m1/s1. The molecule has 5 rings (SSSR count). The zero-order chi connectivity index (χ0) is 33.7. The molecular formula is C35H35N3O8S. The van der Waals surface area contributed by atoms with Gasteiger partial charge in [-0.1, -0.05) is 29.5 Å². The lowest BCUT2D eigenvalue weighted by molar-refractivity contribution is -0.384. The van der Waals surface area contributed by atoms with Crippen LogP contribution in [0.5, 0.6) is 17.2 Å². The van der Waals surface area contributed by atoms with Crippen LogP contribution in [0.2, 0.25) is 0 Å². The number of carbonyl (C=O) groups excluding carboxylic acids is 1.